The number of ether oxygens (including phenoxy) is 1. The molecule has 1 aromatic heterocycles. The predicted octanol–water partition coefficient (Wildman–Crippen LogP) is 5.54. The number of amides is 3. The molecule has 3 fully saturated rings. The van der Waals surface area contributed by atoms with Gasteiger partial charge in [-0.05, 0) is 68.4 Å². The molecular formula is C33H39N5O4S. The second-order valence-electron chi connectivity index (χ2n) is 11.8. The van der Waals surface area contributed by atoms with Crippen molar-refractivity contribution in [2.24, 2.45) is 5.92 Å². The van der Waals surface area contributed by atoms with Gasteiger partial charge in [-0.25, -0.2) is 4.98 Å². The minimum Gasteiger partial charge on any atom is -0.378 e. The number of aryl methyl sites for hydroxylation is 1. The predicted molar refractivity (Wildman–Crippen MR) is 168 cm³/mol. The Morgan fingerprint density at radius 2 is 1.65 bits per heavy atom. The molecule has 43 heavy (non-hydrogen) atoms. The second-order valence-corrected chi connectivity index (χ2v) is 12.8. The Morgan fingerprint density at radius 3 is 2.37 bits per heavy atom. The van der Waals surface area contributed by atoms with E-state index in [-0.39, 0.29) is 23.8 Å². The maximum absolute atomic E-state index is 13.6. The molecule has 2 saturated carbocycles. The zero-order valence-electron chi connectivity index (χ0n) is 24.6. The van der Waals surface area contributed by atoms with Gasteiger partial charge < -0.3 is 25.6 Å². The van der Waals surface area contributed by atoms with E-state index in [0.29, 0.717) is 65.6 Å². The molecular weight excluding hydrogens is 562 g/mol. The van der Waals surface area contributed by atoms with Gasteiger partial charge in [0.15, 0.2) is 5.13 Å². The van der Waals surface area contributed by atoms with Gasteiger partial charge in [0.25, 0.3) is 17.7 Å². The van der Waals surface area contributed by atoms with Crippen LogP contribution >= 0.6 is 11.3 Å². The van der Waals surface area contributed by atoms with Gasteiger partial charge in [0.1, 0.15) is 4.88 Å². The zero-order valence-corrected chi connectivity index (χ0v) is 25.4. The number of nitrogens with zero attached hydrogens (tertiary/aromatic N) is 2. The molecule has 0 radical (unpaired) electrons. The number of carbonyl (C=O) groups excluding carboxylic acids is 3. The molecule has 2 heterocycles. The molecule has 3 aromatic rings. The van der Waals surface area contributed by atoms with Gasteiger partial charge in [-0.2, -0.15) is 0 Å². The summed E-state index contributed by atoms with van der Waals surface area (Å²) >= 11 is 1.30. The van der Waals surface area contributed by atoms with Crippen LogP contribution in [0.1, 0.15) is 80.9 Å². The van der Waals surface area contributed by atoms with Crippen LogP contribution in [-0.2, 0) is 4.74 Å². The zero-order chi connectivity index (χ0) is 29.8. The molecule has 0 atom stereocenters. The van der Waals surface area contributed by atoms with Crippen LogP contribution in [0.5, 0.6) is 0 Å². The third-order valence-electron chi connectivity index (χ3n) is 8.47. The number of thiazole rings is 1. The molecule has 1 aliphatic heterocycles. The van der Waals surface area contributed by atoms with Crippen LogP contribution in [0.2, 0.25) is 0 Å². The first kappa shape index (κ1) is 29.3. The summed E-state index contributed by atoms with van der Waals surface area (Å²) in [7, 11) is 0. The summed E-state index contributed by atoms with van der Waals surface area (Å²) in [5.74, 6) is 0.250. The topological polar surface area (TPSA) is 113 Å². The highest BCUT2D eigenvalue weighted by atomic mass is 32.1. The molecule has 3 N–H and O–H groups in total. The van der Waals surface area contributed by atoms with Crippen molar-refractivity contribution in [3.05, 3.63) is 64.0 Å². The summed E-state index contributed by atoms with van der Waals surface area (Å²) in [5.41, 5.74) is 4.25. The Labute approximate surface area is 256 Å². The third-order valence-corrected chi connectivity index (χ3v) is 9.44. The van der Waals surface area contributed by atoms with Crippen LogP contribution < -0.4 is 16.0 Å². The summed E-state index contributed by atoms with van der Waals surface area (Å²) in [6, 6.07) is 13.2. The number of nitrogens with one attached hydrogen (secondary N) is 3. The van der Waals surface area contributed by atoms with Crippen molar-refractivity contribution in [3.8, 4) is 11.3 Å². The first-order chi connectivity index (χ1) is 20.9. The number of carbonyl (C=O) groups is 3. The minimum atomic E-state index is -0.145. The SMILES string of the molecule is Cc1ccc(C(=O)NC2CC2)cc1Nc1nc(-c2ccc(C(=O)N3CCOCC3)cc2)c(C(=O)NCC2CCCCC2)s1. The highest BCUT2D eigenvalue weighted by molar-refractivity contribution is 7.18. The van der Waals surface area contributed by atoms with Crippen LogP contribution in [0, 0.1) is 12.8 Å². The van der Waals surface area contributed by atoms with Crippen LogP contribution in [0.25, 0.3) is 11.3 Å². The molecule has 0 bridgehead atoms. The standard InChI is InChI=1S/C33H39N5O4S/c1-21-7-8-25(30(39)35-26-13-14-26)19-27(21)36-33-37-28(29(43-33)31(40)34-20-22-5-3-2-4-6-22)23-9-11-24(12-10-23)32(41)38-15-17-42-18-16-38/h7-12,19,22,26H,2-6,13-18,20H2,1H3,(H,34,40)(H,35,39)(H,36,37). The Balaban J connectivity index is 1.25. The van der Waals surface area contributed by atoms with Crippen LogP contribution in [0.15, 0.2) is 42.5 Å². The maximum atomic E-state index is 13.6. The Hall–Kier alpha value is -3.76. The van der Waals surface area contributed by atoms with Crippen LogP contribution in [0.4, 0.5) is 10.8 Å². The molecule has 0 spiro atoms. The average Bonchev–Trinajstić information content (AvgIpc) is 3.77. The first-order valence-electron chi connectivity index (χ1n) is 15.4. The molecule has 1 saturated heterocycles. The molecule has 3 amide bonds. The second kappa shape index (κ2) is 13.3. The summed E-state index contributed by atoms with van der Waals surface area (Å²) < 4.78 is 5.38. The molecule has 2 aliphatic carbocycles. The van der Waals surface area contributed by atoms with Crippen molar-refractivity contribution < 1.29 is 19.1 Å². The summed E-state index contributed by atoms with van der Waals surface area (Å²) in [6.07, 6.45) is 8.04. The van der Waals surface area contributed by atoms with Gasteiger partial charge in [0.2, 0.25) is 0 Å². The van der Waals surface area contributed by atoms with Gasteiger partial charge in [0.05, 0.1) is 18.9 Å². The lowest BCUT2D eigenvalue weighted by molar-refractivity contribution is 0.0303. The number of rotatable bonds is 9. The molecule has 226 valence electrons. The van der Waals surface area contributed by atoms with Gasteiger partial charge in [-0.3, -0.25) is 14.4 Å². The van der Waals surface area contributed by atoms with Gasteiger partial charge in [-0.15, -0.1) is 0 Å². The molecule has 0 unspecified atom stereocenters. The van der Waals surface area contributed by atoms with E-state index in [1.54, 1.807) is 17.0 Å². The van der Waals surface area contributed by atoms with E-state index >= 15 is 0 Å². The lowest BCUT2D eigenvalue weighted by atomic mass is 9.89. The summed E-state index contributed by atoms with van der Waals surface area (Å²) in [4.78, 5) is 46.4. The third kappa shape index (κ3) is 7.25. The number of hydrogen-bond acceptors (Lipinski definition) is 7. The maximum Gasteiger partial charge on any atom is 0.263 e. The van der Waals surface area contributed by atoms with E-state index in [4.69, 9.17) is 9.72 Å². The smallest absolute Gasteiger partial charge is 0.263 e. The lowest BCUT2D eigenvalue weighted by Crippen LogP contribution is -2.40. The number of hydrogen-bond donors (Lipinski definition) is 3. The largest absolute Gasteiger partial charge is 0.378 e. The van der Waals surface area contributed by atoms with Crippen molar-refractivity contribution >= 4 is 39.9 Å². The van der Waals surface area contributed by atoms with Crippen molar-refractivity contribution in [2.45, 2.75) is 57.9 Å². The van der Waals surface area contributed by atoms with Crippen molar-refractivity contribution in [2.75, 3.05) is 38.2 Å². The molecule has 6 rings (SSSR count). The highest BCUT2D eigenvalue weighted by Gasteiger charge is 2.25. The number of aromatic nitrogens is 1. The van der Waals surface area contributed by atoms with E-state index in [9.17, 15) is 14.4 Å². The first-order valence-corrected chi connectivity index (χ1v) is 16.2. The number of anilines is 2. The normalized spacial score (nSPS) is 17.4. The molecule has 3 aliphatic rings. The van der Waals surface area contributed by atoms with Crippen molar-refractivity contribution in [1.82, 2.24) is 20.5 Å². The van der Waals surface area contributed by atoms with Crippen LogP contribution in [0.3, 0.4) is 0 Å². The van der Waals surface area contributed by atoms with E-state index in [1.165, 1.54) is 30.6 Å². The highest BCUT2D eigenvalue weighted by Crippen LogP contribution is 2.34. The van der Waals surface area contributed by atoms with Crippen molar-refractivity contribution in [3.63, 3.8) is 0 Å². The Morgan fingerprint density at radius 1 is 0.930 bits per heavy atom. The Bertz CT molecular complexity index is 1470. The van der Waals surface area contributed by atoms with Crippen LogP contribution in [-0.4, -0.2) is 66.5 Å². The summed E-state index contributed by atoms with van der Waals surface area (Å²) in [5, 5.41) is 10.1. The lowest BCUT2D eigenvalue weighted by Gasteiger charge is -2.26. The molecule has 2 aromatic carbocycles. The monoisotopic (exact) mass is 601 g/mol. The van der Waals surface area contributed by atoms with Gasteiger partial charge >= 0.3 is 0 Å². The molecule has 10 heteroatoms. The van der Waals surface area contributed by atoms with Crippen molar-refractivity contribution in [1.29, 1.82) is 0 Å². The van der Waals surface area contributed by atoms with Gasteiger partial charge in [-0.1, -0.05) is 48.8 Å². The fraction of sp³-hybridized carbons (Fsp3) is 0.455. The number of morpholine rings is 1. The van der Waals surface area contributed by atoms with E-state index in [2.05, 4.69) is 16.0 Å². The van der Waals surface area contributed by atoms with Gasteiger partial charge in [0, 0.05) is 48.1 Å². The quantitative estimate of drug-likeness (QED) is 0.297. The summed E-state index contributed by atoms with van der Waals surface area (Å²) in [6.45, 7) is 4.88. The fourth-order valence-corrected chi connectivity index (χ4v) is 6.58. The minimum absolute atomic E-state index is 0.0259. The van der Waals surface area contributed by atoms with E-state index < -0.39 is 0 Å². The Kier molecular flexibility index (Phi) is 9.04. The fourth-order valence-electron chi connectivity index (χ4n) is 5.66. The van der Waals surface area contributed by atoms with E-state index in [1.807, 2.05) is 37.3 Å². The number of benzene rings is 2. The van der Waals surface area contributed by atoms with E-state index in [0.717, 1.165) is 42.5 Å². The average molecular weight is 602 g/mol. The molecule has 9 nitrogen and oxygen atoms in total.